The molecule has 6 heteroatoms. The van der Waals surface area contributed by atoms with E-state index in [1.807, 2.05) is 6.92 Å². The summed E-state index contributed by atoms with van der Waals surface area (Å²) < 4.78 is 5.40. The Labute approximate surface area is 85.8 Å². The van der Waals surface area contributed by atoms with Gasteiger partial charge in [-0.25, -0.2) is 0 Å². The smallest absolute Gasteiger partial charge is 0.134 e. The molecule has 0 radical (unpaired) electrons. The van der Waals surface area contributed by atoms with Crippen molar-refractivity contribution in [2.24, 2.45) is 4.99 Å². The molecule has 3 N–H and O–H groups in total. The van der Waals surface area contributed by atoms with Crippen molar-refractivity contribution in [3.8, 4) is 0 Å². The Balaban J connectivity index is 2.14. The summed E-state index contributed by atoms with van der Waals surface area (Å²) in [5, 5.41) is 29.0. The summed E-state index contributed by atoms with van der Waals surface area (Å²) >= 11 is 1.42. The van der Waals surface area contributed by atoms with Crippen LogP contribution in [0.5, 0.6) is 0 Å². The van der Waals surface area contributed by atoms with Crippen LogP contribution in [-0.2, 0) is 4.74 Å². The minimum atomic E-state index is -1.06. The molecule has 0 spiro atoms. The zero-order valence-electron chi connectivity index (χ0n) is 7.70. The Morgan fingerprint density at radius 2 is 2.14 bits per heavy atom. The Morgan fingerprint density at radius 3 is 2.79 bits per heavy atom. The van der Waals surface area contributed by atoms with E-state index in [4.69, 9.17) is 9.84 Å². The van der Waals surface area contributed by atoms with E-state index < -0.39 is 24.4 Å². The second-order valence-corrected chi connectivity index (χ2v) is 4.75. The van der Waals surface area contributed by atoms with E-state index >= 15 is 0 Å². The third-order valence-electron chi connectivity index (χ3n) is 2.47. The summed E-state index contributed by atoms with van der Waals surface area (Å²) in [6.07, 6.45) is -2.72. The average molecular weight is 219 g/mol. The van der Waals surface area contributed by atoms with Crippen LogP contribution in [-0.4, -0.2) is 56.8 Å². The van der Waals surface area contributed by atoms with Crippen molar-refractivity contribution >= 4 is 16.8 Å². The van der Waals surface area contributed by atoms with Crippen molar-refractivity contribution < 1.29 is 20.1 Å². The van der Waals surface area contributed by atoms with E-state index in [1.54, 1.807) is 0 Å². The third kappa shape index (κ3) is 1.57. The maximum absolute atomic E-state index is 9.71. The summed E-state index contributed by atoms with van der Waals surface area (Å²) in [6, 6.07) is -0.405. The lowest BCUT2D eigenvalue weighted by molar-refractivity contribution is -0.164. The molecule has 2 heterocycles. The number of nitrogens with zero attached hydrogens (tertiary/aromatic N) is 1. The van der Waals surface area contributed by atoms with Gasteiger partial charge in [0.05, 0.1) is 11.7 Å². The highest BCUT2D eigenvalue weighted by Crippen LogP contribution is 2.36. The predicted octanol–water partition coefficient (Wildman–Crippen LogP) is -1.04. The number of ether oxygens (including phenoxy) is 1. The monoisotopic (exact) mass is 219 g/mol. The van der Waals surface area contributed by atoms with Crippen LogP contribution in [0.15, 0.2) is 4.99 Å². The molecule has 5 atom stereocenters. The van der Waals surface area contributed by atoms with Crippen LogP contribution < -0.4 is 0 Å². The molecule has 0 aliphatic carbocycles. The molecule has 14 heavy (non-hydrogen) atoms. The summed E-state index contributed by atoms with van der Waals surface area (Å²) in [5.41, 5.74) is -0.273. The number of thioether (sulfide) groups is 1. The molecule has 2 aliphatic rings. The molecule has 5 nitrogen and oxygen atoms in total. The van der Waals surface area contributed by atoms with E-state index in [-0.39, 0.29) is 12.0 Å². The van der Waals surface area contributed by atoms with Gasteiger partial charge >= 0.3 is 0 Å². The van der Waals surface area contributed by atoms with Crippen molar-refractivity contribution in [2.45, 2.75) is 36.7 Å². The molecule has 0 aromatic heterocycles. The van der Waals surface area contributed by atoms with Crippen LogP contribution in [0, 0.1) is 0 Å². The number of hydrogen-bond acceptors (Lipinski definition) is 6. The van der Waals surface area contributed by atoms with Gasteiger partial charge in [0, 0.05) is 0 Å². The third-order valence-corrected chi connectivity index (χ3v) is 3.53. The Bertz CT molecular complexity index is 260. The van der Waals surface area contributed by atoms with Crippen molar-refractivity contribution in [3.05, 3.63) is 0 Å². The van der Waals surface area contributed by atoms with Gasteiger partial charge in [-0.2, -0.15) is 0 Å². The largest absolute Gasteiger partial charge is 0.394 e. The number of aliphatic hydroxyl groups excluding tert-OH is 3. The maximum atomic E-state index is 9.71. The number of rotatable bonds is 1. The Kier molecular flexibility index (Phi) is 2.81. The highest BCUT2D eigenvalue weighted by Gasteiger charge is 2.47. The van der Waals surface area contributed by atoms with Crippen molar-refractivity contribution in [3.63, 3.8) is 0 Å². The molecule has 0 bridgehead atoms. The molecule has 0 unspecified atom stereocenters. The number of fused-ring (bicyclic) bond motifs is 1. The van der Waals surface area contributed by atoms with Gasteiger partial charge in [0.2, 0.25) is 0 Å². The van der Waals surface area contributed by atoms with E-state index in [0.717, 1.165) is 5.04 Å². The van der Waals surface area contributed by atoms with E-state index in [1.165, 1.54) is 11.8 Å². The van der Waals surface area contributed by atoms with Crippen molar-refractivity contribution in [1.82, 2.24) is 0 Å². The van der Waals surface area contributed by atoms with Gasteiger partial charge in [0.1, 0.15) is 29.8 Å². The fraction of sp³-hybridized carbons (Fsp3) is 0.875. The van der Waals surface area contributed by atoms with Gasteiger partial charge in [0.15, 0.2) is 0 Å². The zero-order chi connectivity index (χ0) is 10.3. The summed E-state index contributed by atoms with van der Waals surface area (Å²) in [5.74, 6) is 0. The number of aliphatic imine (C=N–C) groups is 1. The first-order chi connectivity index (χ1) is 6.63. The summed E-state index contributed by atoms with van der Waals surface area (Å²) in [7, 11) is 0. The zero-order valence-corrected chi connectivity index (χ0v) is 8.52. The van der Waals surface area contributed by atoms with Crippen molar-refractivity contribution in [2.75, 3.05) is 6.61 Å². The lowest BCUT2D eigenvalue weighted by Gasteiger charge is -2.37. The van der Waals surface area contributed by atoms with Gasteiger partial charge in [-0.1, -0.05) is 11.8 Å². The van der Waals surface area contributed by atoms with Gasteiger partial charge in [0.25, 0.3) is 0 Å². The van der Waals surface area contributed by atoms with Crippen molar-refractivity contribution in [1.29, 1.82) is 0 Å². The summed E-state index contributed by atoms with van der Waals surface area (Å²) in [4.78, 5) is 4.17. The molecule has 1 fully saturated rings. The minimum Gasteiger partial charge on any atom is -0.394 e. The molecular weight excluding hydrogens is 206 g/mol. The molecular formula is C8H13NO4S. The molecule has 2 rings (SSSR count). The molecule has 2 aliphatic heterocycles. The Morgan fingerprint density at radius 1 is 1.43 bits per heavy atom. The molecule has 0 aromatic carbocycles. The molecule has 1 saturated heterocycles. The second kappa shape index (κ2) is 3.79. The summed E-state index contributed by atoms with van der Waals surface area (Å²) in [6.45, 7) is 1.54. The van der Waals surface area contributed by atoms with Gasteiger partial charge in [-0.05, 0) is 6.92 Å². The maximum Gasteiger partial charge on any atom is 0.134 e. The highest BCUT2D eigenvalue weighted by molar-refractivity contribution is 8.14. The normalized spacial score (nSPS) is 47.4. The standard InChI is InChI=1S/C8H13NO4S/c1-3-9-5-7(12)6(11)4(2-10)13-8(5)14-3/h4-8,10-12H,2H2,1H3/t4-,5-,6+,7+,8-/m1/s1. The number of hydrogen-bond donors (Lipinski definition) is 3. The van der Waals surface area contributed by atoms with Gasteiger partial charge < -0.3 is 20.1 Å². The minimum absolute atomic E-state index is 0.273. The van der Waals surface area contributed by atoms with Gasteiger partial charge in [-0.3, -0.25) is 4.99 Å². The fourth-order valence-corrected chi connectivity index (χ4v) is 2.79. The quantitative estimate of drug-likeness (QED) is 0.525. The highest BCUT2D eigenvalue weighted by atomic mass is 32.2. The number of aliphatic hydroxyl groups is 3. The van der Waals surface area contributed by atoms with Gasteiger partial charge in [-0.15, -0.1) is 0 Å². The first-order valence-corrected chi connectivity index (χ1v) is 5.35. The lowest BCUT2D eigenvalue weighted by Crippen LogP contribution is -2.55. The van der Waals surface area contributed by atoms with E-state index in [2.05, 4.69) is 4.99 Å². The predicted molar refractivity (Wildman–Crippen MR) is 52.2 cm³/mol. The molecule has 0 aromatic rings. The van der Waals surface area contributed by atoms with E-state index in [0.29, 0.717) is 0 Å². The van der Waals surface area contributed by atoms with Crippen LogP contribution in [0.3, 0.4) is 0 Å². The lowest BCUT2D eigenvalue weighted by atomic mass is 9.99. The molecule has 80 valence electrons. The molecule has 0 amide bonds. The first-order valence-electron chi connectivity index (χ1n) is 4.47. The Hall–Kier alpha value is -0.140. The topological polar surface area (TPSA) is 82.3 Å². The average Bonchev–Trinajstić information content (AvgIpc) is 2.52. The van der Waals surface area contributed by atoms with Crippen LogP contribution in [0.25, 0.3) is 0 Å². The van der Waals surface area contributed by atoms with Crippen LogP contribution in [0.1, 0.15) is 6.92 Å². The van der Waals surface area contributed by atoms with Crippen LogP contribution in [0.4, 0.5) is 0 Å². The second-order valence-electron chi connectivity index (χ2n) is 3.46. The van der Waals surface area contributed by atoms with E-state index in [9.17, 15) is 10.2 Å². The molecule has 0 saturated carbocycles. The SMILES string of the molecule is CC1=N[C@@H]2[C@H](O)[C@@H](O)[C@@H](CO)O[C@@H]2S1. The first kappa shape index (κ1) is 10.4. The van der Waals surface area contributed by atoms with Crippen LogP contribution in [0.2, 0.25) is 0 Å². The van der Waals surface area contributed by atoms with Crippen LogP contribution >= 0.6 is 11.8 Å². The fourth-order valence-electron chi connectivity index (χ4n) is 1.71.